The fourth-order valence-electron chi connectivity index (χ4n) is 6.81. The van der Waals surface area contributed by atoms with E-state index >= 15 is 0 Å². The number of rotatable bonds is 5. The van der Waals surface area contributed by atoms with Crippen molar-refractivity contribution in [1.82, 2.24) is 4.98 Å². The third kappa shape index (κ3) is 4.33. The minimum absolute atomic E-state index is 0.838. The van der Waals surface area contributed by atoms with Crippen LogP contribution in [0.5, 0.6) is 0 Å². The minimum atomic E-state index is 0.838. The number of fused-ring (bicyclic) bond motifs is 8. The van der Waals surface area contributed by atoms with E-state index in [1.54, 1.807) is 11.3 Å². The van der Waals surface area contributed by atoms with Crippen molar-refractivity contribution in [2.24, 2.45) is 0 Å². The molecule has 0 atom stereocenters. The second kappa shape index (κ2) is 10.7. The molecule has 7 aromatic carbocycles. The van der Waals surface area contributed by atoms with Crippen molar-refractivity contribution in [3.05, 3.63) is 158 Å². The fourth-order valence-corrected chi connectivity index (χ4v) is 7.93. The van der Waals surface area contributed by atoms with Crippen LogP contribution in [0.3, 0.4) is 0 Å². The van der Waals surface area contributed by atoms with Gasteiger partial charge in [-0.05, 0) is 71.8 Å². The number of thiazole rings is 1. The monoisotopic (exact) mass is 634 g/mol. The first kappa shape index (κ1) is 27.0. The van der Waals surface area contributed by atoms with E-state index in [0.717, 1.165) is 81.7 Å². The summed E-state index contributed by atoms with van der Waals surface area (Å²) in [5, 5.41) is 5.39. The Labute approximate surface area is 279 Å². The van der Waals surface area contributed by atoms with Gasteiger partial charge in [0.05, 0.1) is 10.2 Å². The zero-order chi connectivity index (χ0) is 31.6. The molecule has 3 aromatic heterocycles. The molecule has 10 rings (SSSR count). The molecule has 0 N–H and O–H groups in total. The smallest absolute Gasteiger partial charge is 0.137 e. The van der Waals surface area contributed by atoms with Crippen molar-refractivity contribution in [2.45, 2.75) is 0 Å². The predicted octanol–water partition coefficient (Wildman–Crippen LogP) is 12.9. The van der Waals surface area contributed by atoms with E-state index in [2.05, 4.69) is 132 Å². The van der Waals surface area contributed by atoms with Gasteiger partial charge < -0.3 is 13.7 Å². The summed E-state index contributed by atoms with van der Waals surface area (Å²) >= 11 is 1.72. The van der Waals surface area contributed by atoms with Crippen molar-refractivity contribution in [3.8, 4) is 21.7 Å². The lowest BCUT2D eigenvalue weighted by Gasteiger charge is -2.25. The van der Waals surface area contributed by atoms with E-state index in [-0.39, 0.29) is 0 Å². The molecule has 4 nitrogen and oxygen atoms in total. The van der Waals surface area contributed by atoms with Crippen molar-refractivity contribution in [3.63, 3.8) is 0 Å². The number of nitrogens with zero attached hydrogens (tertiary/aromatic N) is 2. The molecule has 10 aromatic rings. The summed E-state index contributed by atoms with van der Waals surface area (Å²) in [5.41, 5.74) is 11.0. The first-order valence-corrected chi connectivity index (χ1v) is 16.8. The van der Waals surface area contributed by atoms with Crippen molar-refractivity contribution in [2.75, 3.05) is 4.90 Å². The molecule has 0 bridgehead atoms. The summed E-state index contributed by atoms with van der Waals surface area (Å²) in [4.78, 5) is 7.27. The van der Waals surface area contributed by atoms with Gasteiger partial charge in [-0.3, -0.25) is 0 Å². The van der Waals surface area contributed by atoms with Crippen LogP contribution in [0, 0.1) is 0 Å². The maximum atomic E-state index is 6.57. The van der Waals surface area contributed by atoms with Crippen LogP contribution in [-0.2, 0) is 0 Å². The Balaban J connectivity index is 1.14. The van der Waals surface area contributed by atoms with Crippen LogP contribution in [0.2, 0.25) is 0 Å². The van der Waals surface area contributed by atoms with Gasteiger partial charge in [0, 0.05) is 50.2 Å². The normalized spacial score (nSPS) is 11.8. The number of hydrogen-bond acceptors (Lipinski definition) is 5. The van der Waals surface area contributed by atoms with Crippen LogP contribution >= 0.6 is 11.3 Å². The van der Waals surface area contributed by atoms with Crippen molar-refractivity contribution < 1.29 is 8.83 Å². The Morgan fingerprint density at radius 1 is 0.438 bits per heavy atom. The molecule has 0 aliphatic rings. The second-order valence-electron chi connectivity index (χ2n) is 12.0. The van der Waals surface area contributed by atoms with E-state index < -0.39 is 0 Å². The number of aromatic nitrogens is 1. The van der Waals surface area contributed by atoms with Crippen LogP contribution in [0.1, 0.15) is 0 Å². The van der Waals surface area contributed by atoms with E-state index in [4.69, 9.17) is 13.8 Å². The molecule has 226 valence electrons. The second-order valence-corrected chi connectivity index (χ2v) is 13.0. The molecular weight excluding hydrogens is 609 g/mol. The molecule has 5 heteroatoms. The van der Waals surface area contributed by atoms with Gasteiger partial charge >= 0.3 is 0 Å². The zero-order valence-corrected chi connectivity index (χ0v) is 26.4. The van der Waals surface area contributed by atoms with Gasteiger partial charge in [-0.15, -0.1) is 11.3 Å². The van der Waals surface area contributed by atoms with Crippen LogP contribution in [-0.4, -0.2) is 4.98 Å². The maximum absolute atomic E-state index is 6.57. The Bertz CT molecular complexity index is 2780. The Kier molecular flexibility index (Phi) is 6.01. The SMILES string of the molecule is c1ccc(-c2ccc(N(c3ccc4c(c3)oc3ccc5nc(-c6ccccc6)sc5c34)c3ccc4oc5ccccc5c4c3)cc2)cc1. The van der Waals surface area contributed by atoms with Crippen LogP contribution in [0.25, 0.3) is 75.8 Å². The van der Waals surface area contributed by atoms with Crippen LogP contribution in [0.15, 0.2) is 167 Å². The Morgan fingerprint density at radius 2 is 1.06 bits per heavy atom. The number of furan rings is 2. The summed E-state index contributed by atoms with van der Waals surface area (Å²) in [6, 6.07) is 54.9. The van der Waals surface area contributed by atoms with Crippen LogP contribution in [0.4, 0.5) is 17.1 Å². The van der Waals surface area contributed by atoms with E-state index in [1.807, 2.05) is 30.3 Å². The summed E-state index contributed by atoms with van der Waals surface area (Å²) in [6.45, 7) is 0. The third-order valence-corrected chi connectivity index (χ3v) is 10.2. The maximum Gasteiger partial charge on any atom is 0.137 e. The lowest BCUT2D eigenvalue weighted by atomic mass is 10.0. The van der Waals surface area contributed by atoms with Crippen LogP contribution < -0.4 is 4.90 Å². The van der Waals surface area contributed by atoms with Gasteiger partial charge in [0.2, 0.25) is 0 Å². The highest BCUT2D eigenvalue weighted by atomic mass is 32.1. The van der Waals surface area contributed by atoms with Gasteiger partial charge in [0.1, 0.15) is 27.3 Å². The standard InChI is InChI=1S/C43H26N2O2S/c1-3-9-27(10-4-1)28-15-17-30(18-16-28)45(31-20-23-38-35(25-31)33-13-7-8-14-37(33)46-38)32-19-21-34-40(26-32)47-39-24-22-36-42(41(34)39)48-43(44-36)29-11-5-2-6-12-29/h1-26H. The highest BCUT2D eigenvalue weighted by Crippen LogP contribution is 2.44. The number of para-hydroxylation sites is 1. The van der Waals surface area contributed by atoms with Gasteiger partial charge in [0.25, 0.3) is 0 Å². The molecule has 0 spiro atoms. The van der Waals surface area contributed by atoms with Crippen molar-refractivity contribution in [1.29, 1.82) is 0 Å². The Morgan fingerprint density at radius 3 is 1.90 bits per heavy atom. The quantitative estimate of drug-likeness (QED) is 0.189. The molecule has 0 unspecified atom stereocenters. The van der Waals surface area contributed by atoms with Gasteiger partial charge in [0.15, 0.2) is 0 Å². The van der Waals surface area contributed by atoms with Gasteiger partial charge in [-0.1, -0.05) is 91.0 Å². The van der Waals surface area contributed by atoms with Gasteiger partial charge in [-0.2, -0.15) is 0 Å². The Hall–Kier alpha value is -6.17. The number of hydrogen-bond donors (Lipinski definition) is 0. The summed E-state index contributed by atoms with van der Waals surface area (Å²) in [7, 11) is 0. The zero-order valence-electron chi connectivity index (χ0n) is 25.6. The molecular formula is C43H26N2O2S. The van der Waals surface area contributed by atoms with E-state index in [9.17, 15) is 0 Å². The predicted molar refractivity (Wildman–Crippen MR) is 200 cm³/mol. The molecule has 0 saturated heterocycles. The largest absolute Gasteiger partial charge is 0.456 e. The molecule has 0 saturated carbocycles. The van der Waals surface area contributed by atoms with Gasteiger partial charge in [-0.25, -0.2) is 4.98 Å². The topological polar surface area (TPSA) is 42.4 Å². The molecule has 0 amide bonds. The summed E-state index contributed by atoms with van der Waals surface area (Å²) < 4.78 is 13.9. The molecule has 0 aliphatic heterocycles. The van der Waals surface area contributed by atoms with Crippen molar-refractivity contribution >= 4 is 82.5 Å². The molecule has 3 heterocycles. The minimum Gasteiger partial charge on any atom is -0.456 e. The first-order valence-electron chi connectivity index (χ1n) is 15.9. The molecule has 48 heavy (non-hydrogen) atoms. The summed E-state index contributed by atoms with van der Waals surface area (Å²) in [5.74, 6) is 0. The number of anilines is 3. The fraction of sp³-hybridized carbons (Fsp3) is 0. The average Bonchev–Trinajstić information content (AvgIpc) is 3.86. The number of benzene rings is 7. The first-order chi connectivity index (χ1) is 23.8. The lowest BCUT2D eigenvalue weighted by molar-refractivity contribution is 0.668. The summed E-state index contributed by atoms with van der Waals surface area (Å²) in [6.07, 6.45) is 0. The lowest BCUT2D eigenvalue weighted by Crippen LogP contribution is -2.09. The molecule has 0 radical (unpaired) electrons. The average molecular weight is 635 g/mol. The van der Waals surface area contributed by atoms with E-state index in [1.165, 1.54) is 11.1 Å². The highest BCUT2D eigenvalue weighted by molar-refractivity contribution is 7.22. The molecule has 0 aliphatic carbocycles. The third-order valence-electron chi connectivity index (χ3n) is 9.10. The van der Waals surface area contributed by atoms with E-state index in [0.29, 0.717) is 0 Å². The molecule has 0 fully saturated rings. The highest BCUT2D eigenvalue weighted by Gasteiger charge is 2.19.